The molecule has 3 rings (SSSR count). The van der Waals surface area contributed by atoms with Crippen LogP contribution in [-0.2, 0) is 11.2 Å². The van der Waals surface area contributed by atoms with E-state index in [-0.39, 0.29) is 11.8 Å². The zero-order valence-corrected chi connectivity index (χ0v) is 9.93. The predicted molar refractivity (Wildman–Crippen MR) is 63.1 cm³/mol. The van der Waals surface area contributed by atoms with E-state index < -0.39 is 0 Å². The Bertz CT molecular complexity index is 441. The van der Waals surface area contributed by atoms with Gasteiger partial charge in [0.1, 0.15) is 0 Å². The molecule has 15 heavy (non-hydrogen) atoms. The lowest BCUT2D eigenvalue weighted by molar-refractivity contribution is -0.117. The number of carbonyl (C=O) groups excluding carboxylic acids is 1. The summed E-state index contributed by atoms with van der Waals surface area (Å²) in [5, 5.41) is 2.97. The zero-order valence-electron chi connectivity index (χ0n) is 8.35. The average molecular weight is 266 g/mol. The average Bonchev–Trinajstić information content (AvgIpc) is 2.44. The molecule has 1 aliphatic carbocycles. The van der Waals surface area contributed by atoms with Crippen LogP contribution < -0.4 is 5.32 Å². The van der Waals surface area contributed by atoms with Crippen molar-refractivity contribution < 1.29 is 4.79 Å². The van der Waals surface area contributed by atoms with Crippen LogP contribution >= 0.6 is 15.9 Å². The molecular weight excluding hydrogens is 254 g/mol. The Labute approximate surface area is 97.2 Å². The molecule has 1 N–H and O–H groups in total. The first-order valence-corrected chi connectivity index (χ1v) is 6.19. The van der Waals surface area contributed by atoms with Gasteiger partial charge in [-0.3, -0.25) is 4.79 Å². The highest BCUT2D eigenvalue weighted by Crippen LogP contribution is 2.43. The lowest BCUT2D eigenvalue weighted by atomic mass is 9.94. The summed E-state index contributed by atoms with van der Waals surface area (Å²) in [6.07, 6.45) is 4.44. The van der Waals surface area contributed by atoms with Crippen molar-refractivity contribution in [2.24, 2.45) is 0 Å². The van der Waals surface area contributed by atoms with Crippen molar-refractivity contribution in [2.45, 2.75) is 31.6 Å². The van der Waals surface area contributed by atoms with Gasteiger partial charge in [0, 0.05) is 10.2 Å². The third kappa shape index (κ3) is 1.33. The molecule has 0 fully saturated rings. The number of carbonyl (C=O) groups is 1. The van der Waals surface area contributed by atoms with E-state index in [4.69, 9.17) is 0 Å². The molecule has 0 spiro atoms. The molecule has 1 aromatic carbocycles. The topological polar surface area (TPSA) is 29.1 Å². The fraction of sp³-hybridized carbons (Fsp3) is 0.417. The van der Waals surface area contributed by atoms with Crippen molar-refractivity contribution in [2.75, 3.05) is 5.32 Å². The normalized spacial score (nSPS) is 23.3. The Morgan fingerprint density at radius 3 is 3.07 bits per heavy atom. The summed E-state index contributed by atoms with van der Waals surface area (Å²) < 4.78 is 1.16. The van der Waals surface area contributed by atoms with Crippen molar-refractivity contribution in [1.29, 1.82) is 0 Å². The number of rotatable bonds is 0. The highest BCUT2D eigenvalue weighted by molar-refractivity contribution is 9.10. The zero-order chi connectivity index (χ0) is 10.4. The first-order chi connectivity index (χ1) is 7.27. The number of hydrogen-bond donors (Lipinski definition) is 1. The second-order valence-electron chi connectivity index (χ2n) is 4.27. The molecule has 1 aromatic rings. The maximum Gasteiger partial charge on any atom is 0.232 e. The van der Waals surface area contributed by atoms with Crippen LogP contribution in [0.2, 0.25) is 0 Å². The van der Waals surface area contributed by atoms with Crippen LogP contribution in [0, 0.1) is 0 Å². The van der Waals surface area contributed by atoms with E-state index in [2.05, 4.69) is 21.2 Å². The predicted octanol–water partition coefficient (Wildman–Crippen LogP) is 3.21. The van der Waals surface area contributed by atoms with Crippen molar-refractivity contribution >= 4 is 27.5 Å². The van der Waals surface area contributed by atoms with Crippen molar-refractivity contribution in [3.8, 4) is 0 Å². The first kappa shape index (κ1) is 9.40. The number of nitrogens with one attached hydrogen (secondary N) is 1. The van der Waals surface area contributed by atoms with Gasteiger partial charge < -0.3 is 5.32 Å². The third-order valence-corrected chi connectivity index (χ3v) is 4.14. The molecular formula is C12H12BrNO. The highest BCUT2D eigenvalue weighted by atomic mass is 79.9. The summed E-state index contributed by atoms with van der Waals surface area (Å²) >= 11 is 3.59. The van der Waals surface area contributed by atoms with Crippen LogP contribution in [0.1, 0.15) is 36.3 Å². The van der Waals surface area contributed by atoms with Crippen molar-refractivity contribution in [1.82, 2.24) is 0 Å². The summed E-state index contributed by atoms with van der Waals surface area (Å²) in [5.41, 5.74) is 3.63. The van der Waals surface area contributed by atoms with Crippen molar-refractivity contribution in [3.63, 3.8) is 0 Å². The van der Waals surface area contributed by atoms with Gasteiger partial charge in [-0.1, -0.05) is 22.4 Å². The second kappa shape index (κ2) is 3.34. The van der Waals surface area contributed by atoms with E-state index in [0.29, 0.717) is 0 Å². The summed E-state index contributed by atoms with van der Waals surface area (Å²) in [7, 11) is 0. The number of halogens is 1. The van der Waals surface area contributed by atoms with Gasteiger partial charge >= 0.3 is 0 Å². The lowest BCUT2D eigenvalue weighted by Crippen LogP contribution is -2.11. The molecule has 1 atom stereocenters. The number of hydrogen-bond acceptors (Lipinski definition) is 1. The molecule has 3 heteroatoms. The SMILES string of the molecule is O=C1Nc2ccc(Br)c3c2C1CCCC3. The number of anilines is 1. The van der Waals surface area contributed by atoms with Gasteiger partial charge in [-0.2, -0.15) is 0 Å². The summed E-state index contributed by atoms with van der Waals surface area (Å²) in [6.45, 7) is 0. The quantitative estimate of drug-likeness (QED) is 0.767. The van der Waals surface area contributed by atoms with Crippen LogP contribution in [0.4, 0.5) is 5.69 Å². The maximum absolute atomic E-state index is 11.8. The molecule has 1 amide bonds. The van der Waals surface area contributed by atoms with Gasteiger partial charge in [-0.15, -0.1) is 0 Å². The molecule has 78 valence electrons. The Balaban J connectivity index is 2.24. The molecule has 0 bridgehead atoms. The highest BCUT2D eigenvalue weighted by Gasteiger charge is 2.34. The van der Waals surface area contributed by atoms with Gasteiger partial charge in [0.2, 0.25) is 5.91 Å². The van der Waals surface area contributed by atoms with E-state index in [1.807, 2.05) is 12.1 Å². The van der Waals surface area contributed by atoms with Crippen LogP contribution in [0.15, 0.2) is 16.6 Å². The van der Waals surface area contributed by atoms with Gasteiger partial charge in [0.15, 0.2) is 0 Å². The molecule has 0 aromatic heterocycles. The molecule has 1 unspecified atom stereocenters. The minimum absolute atomic E-state index is 0.106. The molecule has 2 nitrogen and oxygen atoms in total. The van der Waals surface area contributed by atoms with Crippen LogP contribution in [0.5, 0.6) is 0 Å². The van der Waals surface area contributed by atoms with E-state index in [0.717, 1.165) is 29.4 Å². The van der Waals surface area contributed by atoms with Gasteiger partial charge in [-0.25, -0.2) is 0 Å². The third-order valence-electron chi connectivity index (χ3n) is 3.39. The molecule has 1 heterocycles. The second-order valence-corrected chi connectivity index (χ2v) is 5.13. The number of benzene rings is 1. The van der Waals surface area contributed by atoms with Gasteiger partial charge in [0.05, 0.1) is 5.92 Å². The van der Waals surface area contributed by atoms with E-state index in [1.165, 1.54) is 17.5 Å². The monoisotopic (exact) mass is 265 g/mol. The summed E-state index contributed by atoms with van der Waals surface area (Å²) in [5.74, 6) is 0.293. The number of amides is 1. The maximum atomic E-state index is 11.8. The van der Waals surface area contributed by atoms with Gasteiger partial charge in [-0.05, 0) is 42.5 Å². The standard InChI is InChI=1S/C12H12BrNO/c13-9-5-6-10-11-7(9)3-1-2-4-8(11)12(15)14-10/h5-6,8H,1-4H2,(H,14,15). The lowest BCUT2D eigenvalue weighted by Gasteiger charge is -2.10. The van der Waals surface area contributed by atoms with E-state index in [9.17, 15) is 4.79 Å². The first-order valence-electron chi connectivity index (χ1n) is 5.39. The van der Waals surface area contributed by atoms with Crippen molar-refractivity contribution in [3.05, 3.63) is 27.7 Å². The molecule has 1 aliphatic heterocycles. The Morgan fingerprint density at radius 2 is 2.20 bits per heavy atom. The fourth-order valence-electron chi connectivity index (χ4n) is 2.68. The summed E-state index contributed by atoms with van der Waals surface area (Å²) in [6, 6.07) is 4.05. The van der Waals surface area contributed by atoms with Crippen LogP contribution in [0.25, 0.3) is 0 Å². The van der Waals surface area contributed by atoms with E-state index >= 15 is 0 Å². The van der Waals surface area contributed by atoms with Crippen LogP contribution in [-0.4, -0.2) is 5.91 Å². The molecule has 0 saturated carbocycles. The van der Waals surface area contributed by atoms with Crippen LogP contribution in [0.3, 0.4) is 0 Å². The Morgan fingerprint density at radius 1 is 1.33 bits per heavy atom. The smallest absolute Gasteiger partial charge is 0.232 e. The fourth-order valence-corrected chi connectivity index (χ4v) is 3.22. The minimum Gasteiger partial charge on any atom is -0.325 e. The van der Waals surface area contributed by atoms with Gasteiger partial charge in [0.25, 0.3) is 0 Å². The Hall–Kier alpha value is -0.830. The molecule has 2 aliphatic rings. The minimum atomic E-state index is 0.106. The summed E-state index contributed by atoms with van der Waals surface area (Å²) in [4.78, 5) is 11.8. The Kier molecular flexibility index (Phi) is 2.09. The molecule has 0 radical (unpaired) electrons. The van der Waals surface area contributed by atoms with E-state index in [1.54, 1.807) is 0 Å². The largest absolute Gasteiger partial charge is 0.325 e. The molecule has 0 saturated heterocycles.